The van der Waals surface area contributed by atoms with Crippen LogP contribution in [-0.2, 0) is 4.74 Å². The topological polar surface area (TPSA) is 45.3 Å². The van der Waals surface area contributed by atoms with Gasteiger partial charge in [0.2, 0.25) is 0 Å². The number of nitrogens with one attached hydrogen (secondary N) is 3. The number of hydrogen-bond acceptors (Lipinski definition) is 4. The van der Waals surface area contributed by atoms with E-state index in [0.29, 0.717) is 21.7 Å². The van der Waals surface area contributed by atoms with Crippen molar-refractivity contribution in [1.82, 2.24) is 16.0 Å². The molecule has 5 spiro atoms. The lowest BCUT2D eigenvalue weighted by molar-refractivity contribution is -0.0813. The van der Waals surface area contributed by atoms with Gasteiger partial charge >= 0.3 is 0 Å². The van der Waals surface area contributed by atoms with Gasteiger partial charge in [-0.15, -0.1) is 0 Å². The fourth-order valence-electron chi connectivity index (χ4n) is 9.01. The molecule has 0 aromatic carbocycles. The van der Waals surface area contributed by atoms with Gasteiger partial charge in [-0.25, -0.2) is 0 Å². The average Bonchev–Trinajstić information content (AvgIpc) is 3.86. The van der Waals surface area contributed by atoms with Gasteiger partial charge < -0.3 is 20.7 Å². The van der Waals surface area contributed by atoms with Gasteiger partial charge in [0.15, 0.2) is 0 Å². The summed E-state index contributed by atoms with van der Waals surface area (Å²) >= 11 is 0. The van der Waals surface area contributed by atoms with Gasteiger partial charge in [-0.05, 0) is 150 Å². The molecule has 5 fully saturated rings. The van der Waals surface area contributed by atoms with Crippen molar-refractivity contribution in [2.45, 2.75) is 123 Å². The Morgan fingerprint density at radius 3 is 1.36 bits per heavy atom. The maximum absolute atomic E-state index is 5.11. The van der Waals surface area contributed by atoms with E-state index in [2.05, 4.69) is 76.8 Å². The Bertz CT molecular complexity index is 991. The number of rotatable bonds is 0. The summed E-state index contributed by atoms with van der Waals surface area (Å²) in [4.78, 5) is 0. The standard InChI is InChI=1S/C9H15N.2C8H13N.C8H12.C7H10O.CH4/c1-2-4-9(3-1)5-7-10-8-6-9;1-2-8(3-1)4-6-9-7-5-8;1-2-4-8(3-1)5-6-9-7-8;1-2-5-8(4-1)6-3-7-8;1-2-4-7(3-1)5-8-6-7;/h1-2,10H,3-8H2;4,6,9H,1-3,5,7H2;1-2,9H,3-7H2;1,4H,2-3,5-7H2;1,3H,2,4-6H2;1H4. The molecule has 3 N–H and O–H groups in total. The van der Waals surface area contributed by atoms with E-state index in [4.69, 9.17) is 4.74 Å². The Balaban J connectivity index is 0.000000111. The summed E-state index contributed by atoms with van der Waals surface area (Å²) in [6.45, 7) is 8.11. The summed E-state index contributed by atoms with van der Waals surface area (Å²) in [5, 5.41) is 10.1. The highest BCUT2D eigenvalue weighted by Crippen LogP contribution is 2.49. The quantitative estimate of drug-likeness (QED) is 0.237. The van der Waals surface area contributed by atoms with E-state index < -0.39 is 0 Å². The first-order chi connectivity index (χ1) is 21.6. The van der Waals surface area contributed by atoms with E-state index in [1.165, 1.54) is 148 Å². The van der Waals surface area contributed by atoms with Crippen molar-refractivity contribution in [3.63, 3.8) is 0 Å². The van der Waals surface area contributed by atoms with Gasteiger partial charge in [-0.3, -0.25) is 0 Å². The lowest BCUT2D eigenvalue weighted by atomic mass is 9.66. The summed E-state index contributed by atoms with van der Waals surface area (Å²) in [7, 11) is 0. The second kappa shape index (κ2) is 16.0. The molecule has 252 valence electrons. The third-order valence-electron chi connectivity index (χ3n) is 12.9. The van der Waals surface area contributed by atoms with Crippen molar-refractivity contribution in [2.24, 2.45) is 27.1 Å². The highest BCUT2D eigenvalue weighted by molar-refractivity contribution is 5.11. The number of allylic oxidation sites excluding steroid dienone is 8. The molecule has 3 saturated heterocycles. The average molecular weight is 618 g/mol. The van der Waals surface area contributed by atoms with Gasteiger partial charge in [0, 0.05) is 18.5 Å². The molecule has 4 nitrogen and oxygen atoms in total. The molecule has 45 heavy (non-hydrogen) atoms. The zero-order valence-electron chi connectivity index (χ0n) is 27.9. The third-order valence-corrected chi connectivity index (χ3v) is 12.9. The highest BCUT2D eigenvalue weighted by Gasteiger charge is 2.38. The van der Waals surface area contributed by atoms with Gasteiger partial charge in [0.1, 0.15) is 0 Å². The first-order valence-corrected chi connectivity index (χ1v) is 18.6. The van der Waals surface area contributed by atoms with Crippen LogP contribution in [0, 0.1) is 27.1 Å². The van der Waals surface area contributed by atoms with Crippen LogP contribution in [0.2, 0.25) is 0 Å². The van der Waals surface area contributed by atoms with Crippen LogP contribution in [0.25, 0.3) is 0 Å². The van der Waals surface area contributed by atoms with Gasteiger partial charge in [0.25, 0.3) is 0 Å². The number of ether oxygens (including phenoxy) is 1. The van der Waals surface area contributed by atoms with E-state index in [9.17, 15) is 0 Å². The molecule has 0 radical (unpaired) electrons. The molecule has 4 aliphatic heterocycles. The van der Waals surface area contributed by atoms with E-state index in [-0.39, 0.29) is 7.43 Å². The van der Waals surface area contributed by atoms with Crippen molar-refractivity contribution in [3.05, 3.63) is 60.9 Å². The molecule has 10 rings (SSSR count). The summed E-state index contributed by atoms with van der Waals surface area (Å²) in [5.41, 5.74) is 3.27. The smallest absolute Gasteiger partial charge is 0.0579 e. The Labute approximate surface area is 277 Å². The zero-order chi connectivity index (χ0) is 30.1. The molecule has 0 aromatic heterocycles. The highest BCUT2D eigenvalue weighted by atomic mass is 16.5. The second-order valence-corrected chi connectivity index (χ2v) is 16.1. The summed E-state index contributed by atoms with van der Waals surface area (Å²) in [6, 6.07) is 0. The number of piperidine rings is 1. The Morgan fingerprint density at radius 1 is 0.467 bits per heavy atom. The molecule has 0 atom stereocenters. The first-order valence-electron chi connectivity index (χ1n) is 18.6. The lowest BCUT2D eigenvalue weighted by Gasteiger charge is -2.41. The second-order valence-electron chi connectivity index (χ2n) is 16.1. The minimum atomic E-state index is 0. The largest absolute Gasteiger partial charge is 0.391 e. The summed E-state index contributed by atoms with van der Waals surface area (Å²) < 4.78 is 5.11. The minimum Gasteiger partial charge on any atom is -0.391 e. The van der Waals surface area contributed by atoms with Crippen molar-refractivity contribution < 1.29 is 4.74 Å². The van der Waals surface area contributed by atoms with Crippen LogP contribution in [0.1, 0.15) is 123 Å². The Hall–Kier alpha value is -1.62. The molecule has 10 aliphatic rings. The normalized spacial score (nSPS) is 29.5. The lowest BCUT2D eigenvalue weighted by Crippen LogP contribution is -2.38. The van der Waals surface area contributed by atoms with Crippen molar-refractivity contribution >= 4 is 0 Å². The van der Waals surface area contributed by atoms with Crippen molar-refractivity contribution in [3.8, 4) is 0 Å². The van der Waals surface area contributed by atoms with Crippen LogP contribution in [-0.4, -0.2) is 45.9 Å². The summed E-state index contributed by atoms with van der Waals surface area (Å²) in [5.74, 6) is 0. The van der Waals surface area contributed by atoms with Crippen LogP contribution < -0.4 is 16.0 Å². The van der Waals surface area contributed by atoms with Crippen molar-refractivity contribution in [1.29, 1.82) is 0 Å². The molecule has 4 heteroatoms. The fraction of sp³-hybridized carbons (Fsp3) is 0.756. The molecular formula is C41H67N3O. The van der Waals surface area contributed by atoms with Gasteiger partial charge in [0.05, 0.1) is 13.2 Å². The predicted molar refractivity (Wildman–Crippen MR) is 192 cm³/mol. The monoisotopic (exact) mass is 618 g/mol. The fourth-order valence-corrected chi connectivity index (χ4v) is 9.01. The first kappa shape index (κ1) is 34.7. The predicted octanol–water partition coefficient (Wildman–Crippen LogP) is 9.18. The summed E-state index contributed by atoms with van der Waals surface area (Å²) in [6.07, 6.45) is 48.2. The molecule has 0 bridgehead atoms. The van der Waals surface area contributed by atoms with Crippen LogP contribution in [0.3, 0.4) is 0 Å². The maximum atomic E-state index is 5.11. The molecular weight excluding hydrogens is 550 g/mol. The Morgan fingerprint density at radius 2 is 1.00 bits per heavy atom. The van der Waals surface area contributed by atoms with Gasteiger partial charge in [-0.2, -0.15) is 0 Å². The Kier molecular flexibility index (Phi) is 12.3. The van der Waals surface area contributed by atoms with E-state index in [0.717, 1.165) is 18.6 Å². The molecule has 6 aliphatic carbocycles. The molecule has 0 unspecified atom stereocenters. The van der Waals surface area contributed by atoms with Gasteiger partial charge in [-0.1, -0.05) is 75.0 Å². The molecule has 2 saturated carbocycles. The number of hydrogen-bond donors (Lipinski definition) is 3. The van der Waals surface area contributed by atoms with Crippen LogP contribution in [0.4, 0.5) is 0 Å². The van der Waals surface area contributed by atoms with E-state index >= 15 is 0 Å². The van der Waals surface area contributed by atoms with Crippen LogP contribution in [0.5, 0.6) is 0 Å². The van der Waals surface area contributed by atoms with Crippen molar-refractivity contribution in [2.75, 3.05) is 45.9 Å². The van der Waals surface area contributed by atoms with Crippen LogP contribution in [0.15, 0.2) is 60.9 Å². The zero-order valence-corrected chi connectivity index (χ0v) is 27.9. The molecule has 0 aromatic rings. The molecule has 4 heterocycles. The van der Waals surface area contributed by atoms with E-state index in [1.807, 2.05) is 0 Å². The SMILES string of the molecule is C.C1=CC2(CC1)CCC2.C1=CC2(CC1)COC2.C1=CC2(CCC2)CCN1.C1=CCC2(C1)CCNC2.C1=CCC2(C1)CCNCC2. The minimum absolute atomic E-state index is 0. The van der Waals surface area contributed by atoms with Crippen LogP contribution >= 0.6 is 0 Å². The molecule has 0 amide bonds. The van der Waals surface area contributed by atoms with E-state index in [1.54, 1.807) is 0 Å². The maximum Gasteiger partial charge on any atom is 0.0579 e. The third kappa shape index (κ3) is 9.05.